The summed E-state index contributed by atoms with van der Waals surface area (Å²) in [5.74, 6) is -0.410. The van der Waals surface area contributed by atoms with E-state index in [2.05, 4.69) is 0 Å². The maximum Gasteiger partial charge on any atom is 0.145 e. The lowest BCUT2D eigenvalue weighted by molar-refractivity contribution is 0.615. The lowest BCUT2D eigenvalue weighted by Gasteiger charge is -2.07. The van der Waals surface area contributed by atoms with Crippen molar-refractivity contribution < 1.29 is 4.39 Å². The van der Waals surface area contributed by atoms with Crippen LogP contribution in [-0.2, 0) is 6.42 Å². The second kappa shape index (κ2) is 3.76. The molecule has 1 aromatic rings. The van der Waals surface area contributed by atoms with Crippen molar-refractivity contribution in [2.24, 2.45) is 0 Å². The van der Waals surface area contributed by atoms with Crippen molar-refractivity contribution in [2.45, 2.75) is 20.3 Å². The third-order valence-electron chi connectivity index (χ3n) is 2.01. The number of nitriles is 1. The molecule has 1 rings (SSSR count). The van der Waals surface area contributed by atoms with Gasteiger partial charge in [0.25, 0.3) is 0 Å². The first-order chi connectivity index (χ1) is 6.07. The van der Waals surface area contributed by atoms with E-state index in [1.807, 2.05) is 6.07 Å². The summed E-state index contributed by atoms with van der Waals surface area (Å²) in [7, 11) is 0. The van der Waals surface area contributed by atoms with Crippen LogP contribution in [-0.4, -0.2) is 0 Å². The second-order valence-electron chi connectivity index (χ2n) is 2.94. The van der Waals surface area contributed by atoms with Crippen LogP contribution in [0.5, 0.6) is 0 Å². The summed E-state index contributed by atoms with van der Waals surface area (Å²) in [6.07, 6.45) is 0.223. The van der Waals surface area contributed by atoms with Crippen LogP contribution in [0.25, 0.3) is 0 Å². The molecule has 1 nitrogen and oxygen atoms in total. The predicted octanol–water partition coefficient (Wildman–Crippen LogP) is 3.16. The molecule has 1 aromatic carbocycles. The molecule has 0 spiro atoms. The fourth-order valence-electron chi connectivity index (χ4n) is 1.18. The van der Waals surface area contributed by atoms with E-state index in [9.17, 15) is 4.39 Å². The summed E-state index contributed by atoms with van der Waals surface area (Å²) in [4.78, 5) is 0. The largest absolute Gasteiger partial charge is 0.205 e. The molecule has 0 aliphatic carbocycles. The van der Waals surface area contributed by atoms with Crippen molar-refractivity contribution in [3.8, 4) is 6.07 Å². The number of aryl methyl sites for hydroxylation is 1. The van der Waals surface area contributed by atoms with E-state index in [0.29, 0.717) is 16.7 Å². The minimum absolute atomic E-state index is 0.152. The Hall–Kier alpha value is -1.07. The summed E-state index contributed by atoms with van der Waals surface area (Å²) in [6, 6.07) is 3.74. The van der Waals surface area contributed by atoms with Crippen LogP contribution in [0.15, 0.2) is 6.07 Å². The average Bonchev–Trinajstić information content (AvgIpc) is 2.11. The van der Waals surface area contributed by atoms with Gasteiger partial charge in [-0.1, -0.05) is 17.7 Å². The van der Waals surface area contributed by atoms with Gasteiger partial charge in [-0.2, -0.15) is 5.26 Å². The van der Waals surface area contributed by atoms with E-state index in [0.717, 1.165) is 0 Å². The molecule has 0 saturated heterocycles. The monoisotopic (exact) mass is 197 g/mol. The number of benzene rings is 1. The van der Waals surface area contributed by atoms with Crippen molar-refractivity contribution in [3.63, 3.8) is 0 Å². The van der Waals surface area contributed by atoms with Gasteiger partial charge in [0.05, 0.1) is 17.5 Å². The van der Waals surface area contributed by atoms with E-state index in [1.54, 1.807) is 19.9 Å². The molecular weight excluding hydrogens is 189 g/mol. The molecule has 0 bridgehead atoms. The van der Waals surface area contributed by atoms with Gasteiger partial charge in [0, 0.05) is 0 Å². The molecule has 68 valence electrons. The molecule has 0 aliphatic rings. The highest BCUT2D eigenvalue weighted by molar-refractivity contribution is 6.31. The van der Waals surface area contributed by atoms with Gasteiger partial charge in [-0.15, -0.1) is 0 Å². The Morgan fingerprint density at radius 1 is 1.54 bits per heavy atom. The number of hydrogen-bond donors (Lipinski definition) is 0. The number of rotatable bonds is 1. The van der Waals surface area contributed by atoms with Gasteiger partial charge < -0.3 is 0 Å². The quantitative estimate of drug-likeness (QED) is 0.679. The van der Waals surface area contributed by atoms with E-state index in [1.165, 1.54) is 0 Å². The Morgan fingerprint density at radius 3 is 2.69 bits per heavy atom. The van der Waals surface area contributed by atoms with E-state index in [-0.39, 0.29) is 11.4 Å². The average molecular weight is 198 g/mol. The molecule has 0 unspecified atom stereocenters. The van der Waals surface area contributed by atoms with Gasteiger partial charge in [-0.25, -0.2) is 4.39 Å². The van der Waals surface area contributed by atoms with Crippen LogP contribution in [0.3, 0.4) is 0 Å². The Morgan fingerprint density at radius 2 is 2.15 bits per heavy atom. The van der Waals surface area contributed by atoms with Crippen molar-refractivity contribution in [1.82, 2.24) is 0 Å². The van der Waals surface area contributed by atoms with Gasteiger partial charge in [0.2, 0.25) is 0 Å². The number of hydrogen-bond acceptors (Lipinski definition) is 1. The smallest absolute Gasteiger partial charge is 0.145 e. The standard InChI is InChI=1S/C10H9ClFN/c1-6-5-8(3-4-13)7(2)10(12)9(6)11/h5H,3H2,1-2H3. The minimum atomic E-state index is -0.410. The molecule has 3 heteroatoms. The van der Waals surface area contributed by atoms with Crippen LogP contribution in [0.4, 0.5) is 4.39 Å². The lowest BCUT2D eigenvalue weighted by Crippen LogP contribution is -1.95. The molecule has 0 aliphatic heterocycles. The van der Waals surface area contributed by atoms with Crippen LogP contribution in [0.2, 0.25) is 5.02 Å². The third-order valence-corrected chi connectivity index (χ3v) is 2.47. The number of halogens is 2. The molecule has 0 aromatic heterocycles. The third kappa shape index (κ3) is 1.81. The molecule has 0 heterocycles. The molecule has 0 atom stereocenters. The fraction of sp³-hybridized carbons (Fsp3) is 0.300. The van der Waals surface area contributed by atoms with Crippen LogP contribution < -0.4 is 0 Å². The zero-order valence-corrected chi connectivity index (χ0v) is 8.24. The summed E-state index contributed by atoms with van der Waals surface area (Å²) >= 11 is 5.70. The number of nitrogens with zero attached hydrogens (tertiary/aromatic N) is 1. The van der Waals surface area contributed by atoms with Crippen LogP contribution in [0, 0.1) is 31.0 Å². The molecular formula is C10H9ClFN. The van der Waals surface area contributed by atoms with Gasteiger partial charge in [-0.05, 0) is 30.5 Å². The SMILES string of the molecule is Cc1cc(CC#N)c(C)c(F)c1Cl. The van der Waals surface area contributed by atoms with Crippen molar-refractivity contribution in [1.29, 1.82) is 5.26 Å². The van der Waals surface area contributed by atoms with Crippen LogP contribution >= 0.6 is 11.6 Å². The van der Waals surface area contributed by atoms with Crippen molar-refractivity contribution >= 4 is 11.6 Å². The molecule has 0 fully saturated rings. The zero-order valence-electron chi connectivity index (χ0n) is 7.49. The molecule has 0 N–H and O–H groups in total. The van der Waals surface area contributed by atoms with Crippen LogP contribution in [0.1, 0.15) is 16.7 Å². The van der Waals surface area contributed by atoms with E-state index >= 15 is 0 Å². The van der Waals surface area contributed by atoms with Crippen molar-refractivity contribution in [2.75, 3.05) is 0 Å². The molecule has 13 heavy (non-hydrogen) atoms. The maximum absolute atomic E-state index is 13.3. The van der Waals surface area contributed by atoms with Gasteiger partial charge in [0.1, 0.15) is 5.82 Å². The minimum Gasteiger partial charge on any atom is -0.205 e. The lowest BCUT2D eigenvalue weighted by atomic mass is 10.0. The Bertz CT molecular complexity index is 379. The fourth-order valence-corrected chi connectivity index (χ4v) is 1.38. The van der Waals surface area contributed by atoms with Gasteiger partial charge in [0.15, 0.2) is 0 Å². The van der Waals surface area contributed by atoms with Gasteiger partial charge in [-0.3, -0.25) is 0 Å². The second-order valence-corrected chi connectivity index (χ2v) is 3.32. The van der Waals surface area contributed by atoms with Gasteiger partial charge >= 0.3 is 0 Å². The summed E-state index contributed by atoms with van der Waals surface area (Å²) in [5.41, 5.74) is 1.86. The first-order valence-corrected chi connectivity index (χ1v) is 4.26. The maximum atomic E-state index is 13.3. The predicted molar refractivity (Wildman–Crippen MR) is 50.2 cm³/mol. The van der Waals surface area contributed by atoms with E-state index in [4.69, 9.17) is 16.9 Å². The van der Waals surface area contributed by atoms with Crippen molar-refractivity contribution in [3.05, 3.63) is 33.6 Å². The molecule has 0 saturated carbocycles. The first-order valence-electron chi connectivity index (χ1n) is 3.89. The highest BCUT2D eigenvalue weighted by Crippen LogP contribution is 2.25. The highest BCUT2D eigenvalue weighted by atomic mass is 35.5. The Balaban J connectivity index is 3.34. The topological polar surface area (TPSA) is 23.8 Å². The summed E-state index contributed by atoms with van der Waals surface area (Å²) in [5, 5.41) is 8.64. The first kappa shape index (κ1) is 10.0. The molecule has 0 amide bonds. The Labute approximate surface area is 81.8 Å². The zero-order chi connectivity index (χ0) is 10.0. The molecule has 0 radical (unpaired) electrons. The Kier molecular flexibility index (Phi) is 2.90. The normalized spacial score (nSPS) is 9.77. The summed E-state index contributed by atoms with van der Waals surface area (Å²) in [6.45, 7) is 3.36. The van der Waals surface area contributed by atoms with E-state index < -0.39 is 5.82 Å². The highest BCUT2D eigenvalue weighted by Gasteiger charge is 2.10. The summed E-state index contributed by atoms with van der Waals surface area (Å²) < 4.78 is 13.3.